The summed E-state index contributed by atoms with van der Waals surface area (Å²) in [5.41, 5.74) is 1.85. The van der Waals surface area contributed by atoms with Crippen LogP contribution in [0.4, 0.5) is 16.2 Å². The van der Waals surface area contributed by atoms with Gasteiger partial charge in [-0.3, -0.25) is 4.72 Å². The van der Waals surface area contributed by atoms with E-state index in [2.05, 4.69) is 10.0 Å². The van der Waals surface area contributed by atoms with E-state index in [1.165, 1.54) is 19.2 Å². The number of hydrogen-bond acceptors (Lipinski definition) is 4. The molecule has 3 rings (SSSR count). The second-order valence-electron chi connectivity index (χ2n) is 6.81. The first-order chi connectivity index (χ1) is 13.4. The molecule has 2 N–H and O–H groups in total. The molecule has 0 unspecified atom stereocenters. The first-order valence-electron chi connectivity index (χ1n) is 9.22. The van der Waals surface area contributed by atoms with E-state index in [0.717, 1.165) is 37.9 Å². The van der Waals surface area contributed by atoms with E-state index in [1.807, 2.05) is 13.0 Å². The number of aryl methyl sites for hydroxylation is 1. The number of nitrogens with one attached hydrogen (secondary N) is 2. The fourth-order valence-corrected chi connectivity index (χ4v) is 4.18. The van der Waals surface area contributed by atoms with Crippen molar-refractivity contribution in [2.45, 2.75) is 31.1 Å². The summed E-state index contributed by atoms with van der Waals surface area (Å²) >= 11 is 0. The fraction of sp³-hybridized carbons (Fsp3) is 0.350. The SMILES string of the molecule is COc1ccc(C)cc1NS(=O)(=O)c1ccc(NC(=O)N2CCCCC2)cc1. The third-order valence-corrected chi connectivity index (χ3v) is 6.04. The van der Waals surface area contributed by atoms with Crippen molar-refractivity contribution in [3.05, 3.63) is 48.0 Å². The van der Waals surface area contributed by atoms with Crippen LogP contribution in [-0.4, -0.2) is 39.5 Å². The molecule has 1 aliphatic rings. The molecule has 1 aliphatic heterocycles. The standard InChI is InChI=1S/C20H25N3O4S/c1-15-6-11-19(27-2)18(14-15)22-28(25,26)17-9-7-16(8-10-17)21-20(24)23-12-4-3-5-13-23/h6-11,14,22H,3-5,12-13H2,1-2H3,(H,21,24). The zero-order chi connectivity index (χ0) is 20.1. The third-order valence-electron chi connectivity index (χ3n) is 4.66. The summed E-state index contributed by atoms with van der Waals surface area (Å²) in [6, 6.07) is 11.2. The zero-order valence-electron chi connectivity index (χ0n) is 16.1. The average molecular weight is 404 g/mol. The van der Waals surface area contributed by atoms with Crippen LogP contribution in [0.5, 0.6) is 5.75 Å². The molecular weight excluding hydrogens is 378 g/mol. The van der Waals surface area contributed by atoms with Gasteiger partial charge >= 0.3 is 6.03 Å². The van der Waals surface area contributed by atoms with Gasteiger partial charge in [0.2, 0.25) is 0 Å². The minimum Gasteiger partial charge on any atom is -0.495 e. The maximum absolute atomic E-state index is 12.7. The van der Waals surface area contributed by atoms with Crippen molar-refractivity contribution in [3.8, 4) is 5.75 Å². The van der Waals surface area contributed by atoms with Crippen molar-refractivity contribution in [2.24, 2.45) is 0 Å². The molecule has 2 aromatic rings. The van der Waals surface area contributed by atoms with E-state index >= 15 is 0 Å². The van der Waals surface area contributed by atoms with Gasteiger partial charge in [0.15, 0.2) is 0 Å². The van der Waals surface area contributed by atoms with Crippen molar-refractivity contribution >= 4 is 27.4 Å². The van der Waals surface area contributed by atoms with Gasteiger partial charge in [0.05, 0.1) is 17.7 Å². The summed E-state index contributed by atoms with van der Waals surface area (Å²) in [6.07, 6.45) is 3.17. The normalized spacial score (nSPS) is 14.4. The van der Waals surface area contributed by atoms with Gasteiger partial charge in [-0.2, -0.15) is 0 Å². The lowest BCUT2D eigenvalue weighted by Crippen LogP contribution is -2.38. The third kappa shape index (κ3) is 4.75. The molecule has 150 valence electrons. The Bertz CT molecular complexity index is 936. The number of likely N-dealkylation sites (tertiary alicyclic amines) is 1. The molecule has 7 nitrogen and oxygen atoms in total. The second kappa shape index (κ2) is 8.52. The number of sulfonamides is 1. The topological polar surface area (TPSA) is 87.7 Å². The molecule has 0 saturated carbocycles. The van der Waals surface area contributed by atoms with Gasteiger partial charge in [-0.1, -0.05) is 6.07 Å². The van der Waals surface area contributed by atoms with Crippen LogP contribution in [0.15, 0.2) is 47.4 Å². The Morgan fingerprint density at radius 2 is 1.71 bits per heavy atom. The van der Waals surface area contributed by atoms with E-state index in [4.69, 9.17) is 4.74 Å². The van der Waals surface area contributed by atoms with Crippen molar-refractivity contribution in [3.63, 3.8) is 0 Å². The summed E-state index contributed by atoms with van der Waals surface area (Å²) in [6.45, 7) is 3.37. The Hall–Kier alpha value is -2.74. The van der Waals surface area contributed by atoms with Crippen LogP contribution >= 0.6 is 0 Å². The van der Waals surface area contributed by atoms with E-state index in [1.54, 1.807) is 29.2 Å². The number of anilines is 2. The number of carbonyl (C=O) groups excluding carboxylic acids is 1. The van der Waals surface area contributed by atoms with Gasteiger partial charge in [-0.05, 0) is 68.1 Å². The number of piperidine rings is 1. The van der Waals surface area contributed by atoms with Crippen LogP contribution in [0.25, 0.3) is 0 Å². The molecule has 0 radical (unpaired) electrons. The molecule has 0 spiro atoms. The van der Waals surface area contributed by atoms with Crippen LogP contribution in [0, 0.1) is 6.92 Å². The van der Waals surface area contributed by atoms with Crippen LogP contribution in [0.1, 0.15) is 24.8 Å². The molecule has 0 atom stereocenters. The highest BCUT2D eigenvalue weighted by atomic mass is 32.2. The molecule has 0 aromatic heterocycles. The van der Waals surface area contributed by atoms with Gasteiger partial charge in [-0.25, -0.2) is 13.2 Å². The van der Waals surface area contributed by atoms with E-state index < -0.39 is 10.0 Å². The van der Waals surface area contributed by atoms with Crippen LogP contribution in [-0.2, 0) is 10.0 Å². The highest BCUT2D eigenvalue weighted by Crippen LogP contribution is 2.28. The first kappa shape index (κ1) is 20.0. The highest BCUT2D eigenvalue weighted by Gasteiger charge is 2.19. The molecule has 0 aliphatic carbocycles. The number of nitrogens with zero attached hydrogens (tertiary/aromatic N) is 1. The predicted molar refractivity (Wildman–Crippen MR) is 109 cm³/mol. The van der Waals surface area contributed by atoms with E-state index in [9.17, 15) is 13.2 Å². The van der Waals surface area contributed by atoms with Gasteiger partial charge in [0.1, 0.15) is 5.75 Å². The Balaban J connectivity index is 1.71. The van der Waals surface area contributed by atoms with Crippen molar-refractivity contribution in [1.82, 2.24) is 4.90 Å². The summed E-state index contributed by atoms with van der Waals surface area (Å²) in [5, 5.41) is 2.82. The number of carbonyl (C=O) groups is 1. The smallest absolute Gasteiger partial charge is 0.321 e. The van der Waals surface area contributed by atoms with Crippen LogP contribution in [0.3, 0.4) is 0 Å². The Morgan fingerprint density at radius 3 is 2.36 bits per heavy atom. The molecule has 2 aromatic carbocycles. The van der Waals surface area contributed by atoms with E-state index in [0.29, 0.717) is 17.1 Å². The Labute approximate surface area is 165 Å². The minimum absolute atomic E-state index is 0.104. The molecule has 8 heteroatoms. The lowest BCUT2D eigenvalue weighted by Gasteiger charge is -2.26. The van der Waals surface area contributed by atoms with Crippen molar-refractivity contribution in [1.29, 1.82) is 0 Å². The lowest BCUT2D eigenvalue weighted by atomic mass is 10.1. The summed E-state index contributed by atoms with van der Waals surface area (Å²) in [5.74, 6) is 0.444. The number of urea groups is 1. The highest BCUT2D eigenvalue weighted by molar-refractivity contribution is 7.92. The lowest BCUT2D eigenvalue weighted by molar-refractivity contribution is 0.200. The van der Waals surface area contributed by atoms with Crippen molar-refractivity contribution in [2.75, 3.05) is 30.2 Å². The zero-order valence-corrected chi connectivity index (χ0v) is 16.9. The predicted octanol–water partition coefficient (Wildman–Crippen LogP) is 3.82. The van der Waals surface area contributed by atoms with Crippen molar-refractivity contribution < 1.29 is 17.9 Å². The second-order valence-corrected chi connectivity index (χ2v) is 8.49. The monoisotopic (exact) mass is 403 g/mol. The van der Waals surface area contributed by atoms with Gasteiger partial charge in [0.25, 0.3) is 10.0 Å². The van der Waals surface area contributed by atoms with Gasteiger partial charge in [0, 0.05) is 18.8 Å². The molecule has 28 heavy (non-hydrogen) atoms. The quantitative estimate of drug-likeness (QED) is 0.794. The van der Waals surface area contributed by atoms with Gasteiger partial charge in [-0.15, -0.1) is 0 Å². The maximum atomic E-state index is 12.7. The molecule has 1 heterocycles. The fourth-order valence-electron chi connectivity index (χ4n) is 3.12. The van der Waals surface area contributed by atoms with Gasteiger partial charge < -0.3 is 15.0 Å². The number of amides is 2. The largest absolute Gasteiger partial charge is 0.495 e. The Morgan fingerprint density at radius 1 is 1.04 bits per heavy atom. The van der Waals surface area contributed by atoms with Crippen LogP contribution in [0.2, 0.25) is 0 Å². The molecule has 0 bridgehead atoms. The summed E-state index contributed by atoms with van der Waals surface area (Å²) in [4.78, 5) is 14.1. The van der Waals surface area contributed by atoms with E-state index in [-0.39, 0.29) is 10.9 Å². The molecular formula is C20H25N3O4S. The average Bonchev–Trinajstić information content (AvgIpc) is 2.69. The minimum atomic E-state index is -3.78. The molecule has 1 fully saturated rings. The number of benzene rings is 2. The number of rotatable bonds is 5. The van der Waals surface area contributed by atoms with Crippen LogP contribution < -0.4 is 14.8 Å². The maximum Gasteiger partial charge on any atom is 0.321 e. The first-order valence-corrected chi connectivity index (χ1v) is 10.7. The number of methoxy groups -OCH3 is 1. The summed E-state index contributed by atoms with van der Waals surface area (Å²) in [7, 11) is -2.29. The summed E-state index contributed by atoms with van der Waals surface area (Å²) < 4.78 is 33.2. The number of ether oxygens (including phenoxy) is 1. The molecule has 1 saturated heterocycles. The number of hydrogen-bond donors (Lipinski definition) is 2. The molecule has 2 amide bonds. The Kier molecular flexibility index (Phi) is 6.08.